The van der Waals surface area contributed by atoms with E-state index in [1.165, 1.54) is 6.07 Å². The number of rotatable bonds is 4. The monoisotopic (exact) mass is 452 g/mol. The SMILES string of the molecule is O=C(O)C(c1c[nH]c2cc(Cl)ccc12)N1CCCN(c2ccc(C(F)(F)F)cn2)CC1. The van der Waals surface area contributed by atoms with Crippen molar-refractivity contribution in [3.05, 3.63) is 58.9 Å². The Bertz CT molecular complexity index is 1080. The Labute approximate surface area is 181 Å². The van der Waals surface area contributed by atoms with Gasteiger partial charge < -0.3 is 15.0 Å². The van der Waals surface area contributed by atoms with Gasteiger partial charge in [-0.25, -0.2) is 4.98 Å². The van der Waals surface area contributed by atoms with E-state index in [-0.39, 0.29) is 0 Å². The van der Waals surface area contributed by atoms with Gasteiger partial charge in [0, 0.05) is 60.1 Å². The largest absolute Gasteiger partial charge is 0.480 e. The zero-order chi connectivity index (χ0) is 22.2. The second kappa shape index (κ2) is 8.39. The average Bonchev–Trinajstić information content (AvgIpc) is 2.96. The van der Waals surface area contributed by atoms with Gasteiger partial charge in [-0.2, -0.15) is 13.2 Å². The van der Waals surface area contributed by atoms with Crippen molar-refractivity contribution in [2.45, 2.75) is 18.6 Å². The first kappa shape index (κ1) is 21.5. The second-order valence-corrected chi connectivity index (χ2v) is 7.89. The number of aromatic amines is 1. The van der Waals surface area contributed by atoms with Crippen molar-refractivity contribution in [1.29, 1.82) is 0 Å². The van der Waals surface area contributed by atoms with Crippen LogP contribution in [0.3, 0.4) is 0 Å². The molecule has 1 aliphatic heterocycles. The molecule has 0 spiro atoms. The van der Waals surface area contributed by atoms with Crippen LogP contribution in [-0.2, 0) is 11.0 Å². The van der Waals surface area contributed by atoms with Crippen molar-refractivity contribution in [3.8, 4) is 0 Å². The molecule has 1 atom stereocenters. The van der Waals surface area contributed by atoms with Crippen LogP contribution in [0.2, 0.25) is 5.02 Å². The van der Waals surface area contributed by atoms with Gasteiger partial charge in [-0.15, -0.1) is 0 Å². The highest BCUT2D eigenvalue weighted by Crippen LogP contribution is 2.32. The van der Waals surface area contributed by atoms with E-state index in [4.69, 9.17) is 11.6 Å². The predicted octanol–water partition coefficient (Wildman–Crippen LogP) is 4.57. The molecule has 3 aromatic rings. The zero-order valence-electron chi connectivity index (χ0n) is 16.4. The molecule has 0 bridgehead atoms. The molecule has 3 heterocycles. The molecule has 1 saturated heterocycles. The molecular formula is C21H20ClF3N4O2. The summed E-state index contributed by atoms with van der Waals surface area (Å²) in [7, 11) is 0. The molecule has 1 aliphatic rings. The molecule has 1 fully saturated rings. The second-order valence-electron chi connectivity index (χ2n) is 7.45. The molecule has 2 aromatic heterocycles. The molecule has 31 heavy (non-hydrogen) atoms. The number of anilines is 1. The maximum Gasteiger partial charge on any atom is 0.417 e. The average molecular weight is 453 g/mol. The summed E-state index contributed by atoms with van der Waals surface area (Å²) in [5.41, 5.74) is 0.623. The number of carboxylic acid groups (broad SMARTS) is 1. The fourth-order valence-corrected chi connectivity index (χ4v) is 4.17. The number of aliphatic carboxylic acids is 1. The van der Waals surface area contributed by atoms with Gasteiger partial charge in [0.2, 0.25) is 0 Å². The number of H-pyrrole nitrogens is 1. The summed E-state index contributed by atoms with van der Waals surface area (Å²) < 4.78 is 38.4. The first-order valence-electron chi connectivity index (χ1n) is 9.75. The van der Waals surface area contributed by atoms with E-state index in [1.54, 1.807) is 24.4 Å². The van der Waals surface area contributed by atoms with Gasteiger partial charge in [-0.3, -0.25) is 9.69 Å². The third-order valence-electron chi connectivity index (χ3n) is 5.50. The van der Waals surface area contributed by atoms with Crippen LogP contribution in [0.5, 0.6) is 0 Å². The lowest BCUT2D eigenvalue weighted by Crippen LogP contribution is -2.37. The van der Waals surface area contributed by atoms with E-state index in [0.717, 1.165) is 23.2 Å². The highest BCUT2D eigenvalue weighted by molar-refractivity contribution is 6.31. The van der Waals surface area contributed by atoms with Gasteiger partial charge in [0.1, 0.15) is 11.9 Å². The third-order valence-corrected chi connectivity index (χ3v) is 5.73. The Morgan fingerprint density at radius 3 is 2.65 bits per heavy atom. The number of pyridine rings is 1. The van der Waals surface area contributed by atoms with Gasteiger partial charge in [-0.1, -0.05) is 17.7 Å². The van der Waals surface area contributed by atoms with E-state index < -0.39 is 23.8 Å². The Kier molecular flexibility index (Phi) is 5.81. The summed E-state index contributed by atoms with van der Waals surface area (Å²) in [5, 5.41) is 11.3. The van der Waals surface area contributed by atoms with Gasteiger partial charge in [-0.05, 0) is 30.7 Å². The van der Waals surface area contributed by atoms with E-state index in [2.05, 4.69) is 9.97 Å². The molecule has 4 rings (SSSR count). The summed E-state index contributed by atoms with van der Waals surface area (Å²) in [6.45, 7) is 2.00. The molecule has 2 N–H and O–H groups in total. The van der Waals surface area contributed by atoms with Crippen molar-refractivity contribution < 1.29 is 23.1 Å². The number of hydrogen-bond acceptors (Lipinski definition) is 4. The number of carbonyl (C=O) groups is 1. The first-order valence-corrected chi connectivity index (χ1v) is 10.1. The zero-order valence-corrected chi connectivity index (χ0v) is 17.1. The van der Waals surface area contributed by atoms with Gasteiger partial charge in [0.25, 0.3) is 0 Å². The number of benzene rings is 1. The normalized spacial score (nSPS) is 17.0. The molecule has 0 amide bonds. The third kappa shape index (κ3) is 4.47. The molecule has 1 aromatic carbocycles. The predicted molar refractivity (Wildman–Crippen MR) is 111 cm³/mol. The molecule has 0 aliphatic carbocycles. The fraction of sp³-hybridized carbons (Fsp3) is 0.333. The van der Waals surface area contributed by atoms with Crippen molar-refractivity contribution in [2.24, 2.45) is 0 Å². The lowest BCUT2D eigenvalue weighted by atomic mass is 10.0. The van der Waals surface area contributed by atoms with Crippen molar-refractivity contribution >= 4 is 34.3 Å². The van der Waals surface area contributed by atoms with Crippen LogP contribution in [0.1, 0.15) is 23.6 Å². The standard InChI is InChI=1S/C21H20ClF3N4O2/c22-14-3-4-15-16(12-26-17(15)10-14)19(20(30)31)29-7-1-6-28(8-9-29)18-5-2-13(11-27-18)21(23,24)25/h2-5,10-12,19,26H,1,6-9H2,(H,30,31). The topological polar surface area (TPSA) is 72.5 Å². The molecule has 0 saturated carbocycles. The van der Waals surface area contributed by atoms with Crippen LogP contribution in [0.25, 0.3) is 10.9 Å². The smallest absolute Gasteiger partial charge is 0.417 e. The fourth-order valence-electron chi connectivity index (χ4n) is 4.00. The minimum Gasteiger partial charge on any atom is -0.480 e. The Morgan fingerprint density at radius 2 is 1.97 bits per heavy atom. The Hall–Kier alpha value is -2.78. The quantitative estimate of drug-likeness (QED) is 0.606. The van der Waals surface area contributed by atoms with E-state index in [1.807, 2.05) is 9.80 Å². The Balaban J connectivity index is 1.54. The summed E-state index contributed by atoms with van der Waals surface area (Å²) >= 11 is 6.03. The number of halogens is 4. The number of nitrogens with one attached hydrogen (secondary N) is 1. The number of alkyl halides is 3. The van der Waals surface area contributed by atoms with Crippen LogP contribution >= 0.6 is 11.6 Å². The van der Waals surface area contributed by atoms with Gasteiger partial charge >= 0.3 is 12.1 Å². The number of carboxylic acids is 1. The summed E-state index contributed by atoms with van der Waals surface area (Å²) in [6, 6.07) is 6.80. The van der Waals surface area contributed by atoms with Crippen LogP contribution < -0.4 is 4.90 Å². The number of fused-ring (bicyclic) bond motifs is 1. The van der Waals surface area contributed by atoms with Crippen molar-refractivity contribution in [2.75, 3.05) is 31.1 Å². The van der Waals surface area contributed by atoms with Crippen LogP contribution in [0.15, 0.2) is 42.7 Å². The maximum absolute atomic E-state index is 12.8. The van der Waals surface area contributed by atoms with E-state index >= 15 is 0 Å². The molecule has 6 nitrogen and oxygen atoms in total. The molecule has 0 radical (unpaired) electrons. The Morgan fingerprint density at radius 1 is 1.16 bits per heavy atom. The number of hydrogen-bond donors (Lipinski definition) is 2. The van der Waals surface area contributed by atoms with Gasteiger partial charge in [0.05, 0.1) is 5.56 Å². The highest BCUT2D eigenvalue weighted by atomic mass is 35.5. The first-order chi connectivity index (χ1) is 14.7. The molecule has 164 valence electrons. The number of nitrogens with zero attached hydrogens (tertiary/aromatic N) is 3. The summed E-state index contributed by atoms with van der Waals surface area (Å²) in [6.07, 6.45) is -1.25. The minimum atomic E-state index is -4.43. The van der Waals surface area contributed by atoms with Gasteiger partial charge in [0.15, 0.2) is 0 Å². The summed E-state index contributed by atoms with van der Waals surface area (Å²) in [4.78, 5) is 23.0. The lowest BCUT2D eigenvalue weighted by Gasteiger charge is -2.27. The van der Waals surface area contributed by atoms with E-state index in [0.29, 0.717) is 49.0 Å². The summed E-state index contributed by atoms with van der Waals surface area (Å²) in [5.74, 6) is -0.514. The van der Waals surface area contributed by atoms with E-state index in [9.17, 15) is 23.1 Å². The van der Waals surface area contributed by atoms with Crippen LogP contribution in [-0.4, -0.2) is 52.1 Å². The number of aromatic nitrogens is 2. The lowest BCUT2D eigenvalue weighted by molar-refractivity contribution is -0.143. The molecular weight excluding hydrogens is 433 g/mol. The maximum atomic E-state index is 12.8. The van der Waals surface area contributed by atoms with Crippen LogP contribution in [0.4, 0.5) is 19.0 Å². The highest BCUT2D eigenvalue weighted by Gasteiger charge is 2.33. The van der Waals surface area contributed by atoms with Crippen molar-refractivity contribution in [3.63, 3.8) is 0 Å². The molecule has 10 heteroatoms. The van der Waals surface area contributed by atoms with Crippen molar-refractivity contribution in [1.82, 2.24) is 14.9 Å². The molecule has 1 unspecified atom stereocenters. The van der Waals surface area contributed by atoms with Crippen LogP contribution in [0, 0.1) is 0 Å². The minimum absolute atomic E-state index is 0.430.